The molecule has 0 aliphatic carbocycles. The summed E-state index contributed by atoms with van der Waals surface area (Å²) in [6, 6.07) is 13.9. The molecular formula is C15H16O3. The van der Waals surface area contributed by atoms with Gasteiger partial charge in [-0.1, -0.05) is 43.3 Å². The van der Waals surface area contributed by atoms with Gasteiger partial charge in [0.25, 0.3) is 0 Å². The molecule has 94 valence electrons. The van der Waals surface area contributed by atoms with Crippen molar-refractivity contribution in [2.24, 2.45) is 0 Å². The third kappa shape index (κ3) is 3.00. The second-order valence-electron chi connectivity index (χ2n) is 3.90. The molecule has 3 heteroatoms. The number of rotatable bonds is 5. The van der Waals surface area contributed by atoms with Gasteiger partial charge in [-0.15, -0.1) is 0 Å². The molecule has 0 bridgehead atoms. The van der Waals surface area contributed by atoms with Crippen molar-refractivity contribution in [2.45, 2.75) is 13.3 Å². The summed E-state index contributed by atoms with van der Waals surface area (Å²) in [5, 5.41) is 2.21. The first-order chi connectivity index (χ1) is 8.81. The van der Waals surface area contributed by atoms with E-state index in [1.54, 1.807) is 6.92 Å². The number of esters is 1. The van der Waals surface area contributed by atoms with E-state index in [0.717, 1.165) is 16.5 Å². The summed E-state index contributed by atoms with van der Waals surface area (Å²) in [6.45, 7) is 2.43. The van der Waals surface area contributed by atoms with Crippen LogP contribution in [-0.2, 0) is 9.53 Å². The summed E-state index contributed by atoms with van der Waals surface area (Å²) in [5.74, 6) is 0.622. The van der Waals surface area contributed by atoms with Crippen LogP contribution in [0, 0.1) is 0 Å². The quantitative estimate of drug-likeness (QED) is 0.598. The Hall–Kier alpha value is -2.03. The first-order valence-electron chi connectivity index (χ1n) is 6.07. The molecule has 0 saturated carbocycles. The van der Waals surface area contributed by atoms with Crippen LogP contribution >= 0.6 is 0 Å². The Kier molecular flexibility index (Phi) is 4.18. The van der Waals surface area contributed by atoms with Crippen LogP contribution in [0.25, 0.3) is 10.8 Å². The maximum absolute atomic E-state index is 11.0. The van der Waals surface area contributed by atoms with Gasteiger partial charge in [0, 0.05) is 11.8 Å². The molecule has 0 N–H and O–H groups in total. The number of carbonyl (C=O) groups excluding carboxylic acids is 1. The molecule has 0 aliphatic rings. The van der Waals surface area contributed by atoms with Gasteiger partial charge in [0.05, 0.1) is 0 Å². The van der Waals surface area contributed by atoms with Gasteiger partial charge < -0.3 is 9.47 Å². The van der Waals surface area contributed by atoms with E-state index < -0.39 is 0 Å². The van der Waals surface area contributed by atoms with Crippen LogP contribution in [0.4, 0.5) is 0 Å². The Morgan fingerprint density at radius 2 is 1.83 bits per heavy atom. The Balaban J connectivity index is 1.97. The number of benzene rings is 2. The first kappa shape index (κ1) is 12.4. The predicted molar refractivity (Wildman–Crippen MR) is 70.7 cm³/mol. The van der Waals surface area contributed by atoms with Crippen LogP contribution in [0.5, 0.6) is 5.75 Å². The van der Waals surface area contributed by atoms with Crippen molar-refractivity contribution in [2.75, 3.05) is 13.2 Å². The minimum Gasteiger partial charge on any atom is -0.489 e. The van der Waals surface area contributed by atoms with E-state index in [2.05, 4.69) is 0 Å². The Morgan fingerprint density at radius 1 is 1.06 bits per heavy atom. The number of hydrogen-bond acceptors (Lipinski definition) is 3. The van der Waals surface area contributed by atoms with E-state index >= 15 is 0 Å². The molecule has 0 saturated heterocycles. The molecule has 3 nitrogen and oxygen atoms in total. The van der Waals surface area contributed by atoms with Crippen LogP contribution in [-0.4, -0.2) is 19.2 Å². The summed E-state index contributed by atoms with van der Waals surface area (Å²) in [4.78, 5) is 11.0. The van der Waals surface area contributed by atoms with Gasteiger partial charge >= 0.3 is 5.97 Å². The molecule has 2 aromatic carbocycles. The number of fused-ring (bicyclic) bond motifs is 1. The van der Waals surface area contributed by atoms with Gasteiger partial charge in [-0.25, -0.2) is 0 Å². The highest BCUT2D eigenvalue weighted by atomic mass is 16.6. The van der Waals surface area contributed by atoms with E-state index in [4.69, 9.17) is 9.47 Å². The lowest BCUT2D eigenvalue weighted by atomic mass is 10.1. The SMILES string of the molecule is CCC(=O)OCCOc1cccc2ccccc12. The molecule has 0 amide bonds. The van der Waals surface area contributed by atoms with Crippen molar-refractivity contribution in [1.82, 2.24) is 0 Å². The van der Waals surface area contributed by atoms with Gasteiger partial charge in [0.15, 0.2) is 0 Å². The van der Waals surface area contributed by atoms with Crippen molar-refractivity contribution in [1.29, 1.82) is 0 Å². The molecule has 2 rings (SSSR count). The van der Waals surface area contributed by atoms with Crippen molar-refractivity contribution in [3.05, 3.63) is 42.5 Å². The summed E-state index contributed by atoms with van der Waals surface area (Å²) < 4.78 is 10.6. The topological polar surface area (TPSA) is 35.5 Å². The van der Waals surface area contributed by atoms with Gasteiger partial charge in [-0.2, -0.15) is 0 Å². The average molecular weight is 244 g/mol. The Labute approximate surface area is 106 Å². The van der Waals surface area contributed by atoms with E-state index in [1.165, 1.54) is 0 Å². The zero-order valence-electron chi connectivity index (χ0n) is 10.4. The maximum atomic E-state index is 11.0. The fourth-order valence-electron chi connectivity index (χ4n) is 1.73. The van der Waals surface area contributed by atoms with Gasteiger partial charge in [0.1, 0.15) is 19.0 Å². The third-order valence-electron chi connectivity index (χ3n) is 2.64. The molecule has 2 aromatic rings. The fourth-order valence-corrected chi connectivity index (χ4v) is 1.73. The first-order valence-corrected chi connectivity index (χ1v) is 6.07. The Morgan fingerprint density at radius 3 is 2.67 bits per heavy atom. The molecule has 18 heavy (non-hydrogen) atoms. The minimum absolute atomic E-state index is 0.198. The Bertz CT molecular complexity index is 529. The van der Waals surface area contributed by atoms with Gasteiger partial charge in [-0.3, -0.25) is 4.79 Å². The van der Waals surface area contributed by atoms with Crippen molar-refractivity contribution in [3.8, 4) is 5.75 Å². The van der Waals surface area contributed by atoms with Crippen LogP contribution in [0.1, 0.15) is 13.3 Å². The predicted octanol–water partition coefficient (Wildman–Crippen LogP) is 3.17. The van der Waals surface area contributed by atoms with Crippen LogP contribution < -0.4 is 4.74 Å². The van der Waals surface area contributed by atoms with Crippen molar-refractivity contribution >= 4 is 16.7 Å². The van der Waals surface area contributed by atoms with Gasteiger partial charge in [-0.05, 0) is 11.5 Å². The minimum atomic E-state index is -0.198. The molecular weight excluding hydrogens is 228 g/mol. The fraction of sp³-hybridized carbons (Fsp3) is 0.267. The standard InChI is InChI=1S/C15H16O3/c1-2-15(16)18-11-10-17-14-9-5-7-12-6-3-4-8-13(12)14/h3-9H,2,10-11H2,1H3. The van der Waals surface area contributed by atoms with Crippen LogP contribution in [0.3, 0.4) is 0 Å². The van der Waals surface area contributed by atoms with Crippen molar-refractivity contribution in [3.63, 3.8) is 0 Å². The average Bonchev–Trinajstić information content (AvgIpc) is 2.43. The van der Waals surface area contributed by atoms with Crippen LogP contribution in [0.2, 0.25) is 0 Å². The van der Waals surface area contributed by atoms with Crippen molar-refractivity contribution < 1.29 is 14.3 Å². The lowest BCUT2D eigenvalue weighted by molar-refractivity contribution is -0.143. The molecule has 0 aromatic heterocycles. The van der Waals surface area contributed by atoms with Crippen LogP contribution in [0.15, 0.2) is 42.5 Å². The molecule has 0 heterocycles. The highest BCUT2D eigenvalue weighted by molar-refractivity contribution is 5.88. The highest BCUT2D eigenvalue weighted by Crippen LogP contribution is 2.24. The number of hydrogen-bond donors (Lipinski definition) is 0. The molecule has 0 atom stereocenters. The number of carbonyl (C=O) groups is 1. The lowest BCUT2D eigenvalue weighted by Crippen LogP contribution is -2.11. The summed E-state index contributed by atoms with van der Waals surface area (Å²) >= 11 is 0. The second-order valence-corrected chi connectivity index (χ2v) is 3.90. The maximum Gasteiger partial charge on any atom is 0.305 e. The van der Waals surface area contributed by atoms with E-state index in [1.807, 2.05) is 42.5 Å². The van der Waals surface area contributed by atoms with E-state index in [9.17, 15) is 4.79 Å². The lowest BCUT2D eigenvalue weighted by Gasteiger charge is -2.09. The summed E-state index contributed by atoms with van der Waals surface area (Å²) in [6.07, 6.45) is 0.397. The van der Waals surface area contributed by atoms with E-state index in [0.29, 0.717) is 13.0 Å². The summed E-state index contributed by atoms with van der Waals surface area (Å²) in [7, 11) is 0. The zero-order valence-corrected chi connectivity index (χ0v) is 10.4. The summed E-state index contributed by atoms with van der Waals surface area (Å²) in [5.41, 5.74) is 0. The van der Waals surface area contributed by atoms with Gasteiger partial charge in [0.2, 0.25) is 0 Å². The molecule has 0 spiro atoms. The molecule has 0 aliphatic heterocycles. The normalized spacial score (nSPS) is 10.3. The molecule has 0 radical (unpaired) electrons. The number of ether oxygens (including phenoxy) is 2. The largest absolute Gasteiger partial charge is 0.489 e. The third-order valence-corrected chi connectivity index (χ3v) is 2.64. The zero-order chi connectivity index (χ0) is 12.8. The molecule has 0 fully saturated rings. The molecule has 0 unspecified atom stereocenters. The highest BCUT2D eigenvalue weighted by Gasteiger charge is 2.02. The monoisotopic (exact) mass is 244 g/mol. The second kappa shape index (κ2) is 6.05. The van der Waals surface area contributed by atoms with E-state index in [-0.39, 0.29) is 12.6 Å². The smallest absolute Gasteiger partial charge is 0.305 e.